The average Bonchev–Trinajstić information content (AvgIpc) is 2.29. The van der Waals surface area contributed by atoms with Crippen LogP contribution in [0.25, 0.3) is 0 Å². The van der Waals surface area contributed by atoms with Crippen LogP contribution in [0.15, 0.2) is 30.3 Å². The minimum atomic E-state index is 0.252. The summed E-state index contributed by atoms with van der Waals surface area (Å²) in [6, 6.07) is 10.2. The maximum atomic E-state index is 6.13. The summed E-state index contributed by atoms with van der Waals surface area (Å²) in [4.78, 5) is 0. The van der Waals surface area contributed by atoms with Crippen LogP contribution in [-0.4, -0.2) is 12.6 Å². The van der Waals surface area contributed by atoms with Crippen LogP contribution in [0.2, 0.25) is 0 Å². The molecule has 0 aliphatic heterocycles. The first kappa shape index (κ1) is 15.0. The van der Waals surface area contributed by atoms with Crippen molar-refractivity contribution in [3.63, 3.8) is 0 Å². The lowest BCUT2D eigenvalue weighted by Gasteiger charge is -2.19. The van der Waals surface area contributed by atoms with Crippen LogP contribution in [-0.2, 0) is 0 Å². The van der Waals surface area contributed by atoms with Gasteiger partial charge in [0.25, 0.3) is 0 Å². The van der Waals surface area contributed by atoms with Gasteiger partial charge in [0.2, 0.25) is 0 Å². The Kier molecular flexibility index (Phi) is 6.81. The minimum Gasteiger partial charge on any atom is -0.494 e. The first-order valence-electron chi connectivity index (χ1n) is 7.01. The Bertz CT molecular complexity index is 310. The van der Waals surface area contributed by atoms with Crippen LogP contribution >= 0.6 is 0 Å². The van der Waals surface area contributed by atoms with Gasteiger partial charge in [-0.25, -0.2) is 0 Å². The molecule has 2 atom stereocenters. The van der Waals surface area contributed by atoms with Gasteiger partial charge in [0.15, 0.2) is 0 Å². The molecular weight excluding hydrogens is 222 g/mol. The number of rotatable bonds is 8. The molecule has 2 heteroatoms. The van der Waals surface area contributed by atoms with E-state index in [1.807, 2.05) is 30.3 Å². The summed E-state index contributed by atoms with van der Waals surface area (Å²) in [5.41, 5.74) is 6.13. The number of nitrogens with two attached hydrogens (primary N) is 1. The van der Waals surface area contributed by atoms with Gasteiger partial charge in [0.05, 0.1) is 6.61 Å². The summed E-state index contributed by atoms with van der Waals surface area (Å²) in [6.07, 6.45) is 3.28. The van der Waals surface area contributed by atoms with Gasteiger partial charge in [-0.05, 0) is 43.2 Å². The van der Waals surface area contributed by atoms with Crippen LogP contribution in [0.1, 0.15) is 40.0 Å². The summed E-state index contributed by atoms with van der Waals surface area (Å²) in [5, 5.41) is 0. The number of benzene rings is 1. The Balaban J connectivity index is 2.15. The van der Waals surface area contributed by atoms with E-state index < -0.39 is 0 Å². The van der Waals surface area contributed by atoms with Gasteiger partial charge in [-0.2, -0.15) is 0 Å². The number of para-hydroxylation sites is 1. The Morgan fingerprint density at radius 1 is 1.06 bits per heavy atom. The monoisotopic (exact) mass is 249 g/mol. The van der Waals surface area contributed by atoms with E-state index in [1.165, 1.54) is 6.42 Å². The minimum absolute atomic E-state index is 0.252. The molecule has 0 heterocycles. The third-order valence-corrected chi connectivity index (χ3v) is 3.08. The molecule has 0 fully saturated rings. The molecule has 0 radical (unpaired) electrons. The predicted octanol–water partition coefficient (Wildman–Crippen LogP) is 3.86. The van der Waals surface area contributed by atoms with Gasteiger partial charge >= 0.3 is 0 Å². The highest BCUT2D eigenvalue weighted by Gasteiger charge is 2.10. The molecular formula is C16H27NO. The molecule has 0 saturated carbocycles. The van der Waals surface area contributed by atoms with Crippen molar-refractivity contribution in [2.75, 3.05) is 6.61 Å². The molecule has 0 bridgehead atoms. The lowest BCUT2D eigenvalue weighted by molar-refractivity contribution is 0.281. The standard InChI is InChI=1S/C16H27NO/c1-13(2)11-14(3)12-15(17)9-10-18-16-7-5-4-6-8-16/h4-8,13-15H,9-12,17H2,1-3H3. The normalized spacial score (nSPS) is 14.5. The SMILES string of the molecule is CC(C)CC(C)CC(N)CCOc1ccccc1. The molecule has 0 aromatic heterocycles. The van der Waals surface area contributed by atoms with Crippen molar-refractivity contribution >= 4 is 0 Å². The predicted molar refractivity (Wildman–Crippen MR) is 77.8 cm³/mol. The van der Waals surface area contributed by atoms with Gasteiger partial charge in [0, 0.05) is 6.04 Å². The van der Waals surface area contributed by atoms with E-state index in [4.69, 9.17) is 10.5 Å². The van der Waals surface area contributed by atoms with Crippen molar-refractivity contribution in [1.82, 2.24) is 0 Å². The first-order chi connectivity index (χ1) is 8.58. The van der Waals surface area contributed by atoms with Crippen molar-refractivity contribution in [2.45, 2.75) is 46.1 Å². The highest BCUT2D eigenvalue weighted by Crippen LogP contribution is 2.17. The third-order valence-electron chi connectivity index (χ3n) is 3.08. The summed E-state index contributed by atoms with van der Waals surface area (Å²) >= 11 is 0. The molecule has 1 aromatic carbocycles. The molecule has 0 spiro atoms. The van der Waals surface area contributed by atoms with Crippen LogP contribution in [0.4, 0.5) is 0 Å². The molecule has 2 nitrogen and oxygen atoms in total. The number of ether oxygens (including phenoxy) is 1. The van der Waals surface area contributed by atoms with E-state index in [2.05, 4.69) is 20.8 Å². The van der Waals surface area contributed by atoms with Crippen LogP contribution in [0, 0.1) is 11.8 Å². The molecule has 2 N–H and O–H groups in total. The maximum absolute atomic E-state index is 6.13. The Hall–Kier alpha value is -1.02. The fourth-order valence-corrected chi connectivity index (χ4v) is 2.38. The summed E-state index contributed by atoms with van der Waals surface area (Å²) in [7, 11) is 0. The van der Waals surface area contributed by atoms with Crippen LogP contribution in [0.3, 0.4) is 0 Å². The molecule has 18 heavy (non-hydrogen) atoms. The molecule has 2 unspecified atom stereocenters. The number of hydrogen-bond acceptors (Lipinski definition) is 2. The van der Waals surface area contributed by atoms with E-state index in [0.29, 0.717) is 12.5 Å². The molecule has 102 valence electrons. The highest BCUT2D eigenvalue weighted by molar-refractivity contribution is 5.20. The first-order valence-corrected chi connectivity index (χ1v) is 7.01. The summed E-state index contributed by atoms with van der Waals surface area (Å²) < 4.78 is 5.66. The van der Waals surface area contributed by atoms with Gasteiger partial charge in [-0.3, -0.25) is 0 Å². The van der Waals surface area contributed by atoms with Crippen molar-refractivity contribution in [3.05, 3.63) is 30.3 Å². The van der Waals surface area contributed by atoms with Gasteiger partial charge in [-0.15, -0.1) is 0 Å². The van der Waals surface area contributed by atoms with E-state index in [-0.39, 0.29) is 6.04 Å². The zero-order chi connectivity index (χ0) is 13.4. The van der Waals surface area contributed by atoms with E-state index in [1.54, 1.807) is 0 Å². The molecule has 1 rings (SSSR count). The van der Waals surface area contributed by atoms with Gasteiger partial charge < -0.3 is 10.5 Å². The van der Waals surface area contributed by atoms with Crippen molar-refractivity contribution in [1.29, 1.82) is 0 Å². The van der Waals surface area contributed by atoms with Gasteiger partial charge in [0.1, 0.15) is 5.75 Å². The van der Waals surface area contributed by atoms with Gasteiger partial charge in [-0.1, -0.05) is 39.0 Å². The lowest BCUT2D eigenvalue weighted by Crippen LogP contribution is -2.25. The fraction of sp³-hybridized carbons (Fsp3) is 0.625. The second-order valence-electron chi connectivity index (χ2n) is 5.68. The largest absolute Gasteiger partial charge is 0.494 e. The molecule has 0 saturated heterocycles. The van der Waals surface area contributed by atoms with Crippen LogP contribution in [0.5, 0.6) is 5.75 Å². The van der Waals surface area contributed by atoms with Crippen molar-refractivity contribution in [2.24, 2.45) is 17.6 Å². The maximum Gasteiger partial charge on any atom is 0.119 e. The summed E-state index contributed by atoms with van der Waals surface area (Å²) in [5.74, 6) is 2.39. The smallest absolute Gasteiger partial charge is 0.119 e. The second kappa shape index (κ2) is 8.15. The zero-order valence-electron chi connectivity index (χ0n) is 11.9. The van der Waals surface area contributed by atoms with E-state index >= 15 is 0 Å². The van der Waals surface area contributed by atoms with Crippen molar-refractivity contribution in [3.8, 4) is 5.75 Å². The quantitative estimate of drug-likeness (QED) is 0.759. The fourth-order valence-electron chi connectivity index (χ4n) is 2.38. The third kappa shape index (κ3) is 6.65. The van der Waals surface area contributed by atoms with E-state index in [0.717, 1.165) is 24.5 Å². The van der Waals surface area contributed by atoms with Crippen LogP contribution < -0.4 is 10.5 Å². The number of hydrogen-bond donors (Lipinski definition) is 1. The molecule has 1 aromatic rings. The Labute approximate surface area is 112 Å². The Morgan fingerprint density at radius 3 is 2.33 bits per heavy atom. The molecule has 0 aliphatic carbocycles. The topological polar surface area (TPSA) is 35.2 Å². The Morgan fingerprint density at radius 2 is 1.72 bits per heavy atom. The van der Waals surface area contributed by atoms with Crippen molar-refractivity contribution < 1.29 is 4.74 Å². The lowest BCUT2D eigenvalue weighted by atomic mass is 9.92. The average molecular weight is 249 g/mol. The second-order valence-corrected chi connectivity index (χ2v) is 5.68. The van der Waals surface area contributed by atoms with E-state index in [9.17, 15) is 0 Å². The molecule has 0 amide bonds. The molecule has 0 aliphatic rings. The summed E-state index contributed by atoms with van der Waals surface area (Å²) in [6.45, 7) is 7.53. The highest BCUT2D eigenvalue weighted by atomic mass is 16.5. The zero-order valence-corrected chi connectivity index (χ0v) is 11.9.